The minimum absolute atomic E-state index is 0.322. The highest BCUT2D eigenvalue weighted by atomic mass is 16.3. The molecule has 0 amide bonds. The number of para-hydroxylation sites is 1. The first kappa shape index (κ1) is 15.3. The quantitative estimate of drug-likeness (QED) is 0.741. The molecule has 1 N–H and O–H groups in total. The predicted molar refractivity (Wildman–Crippen MR) is 82.4 cm³/mol. The van der Waals surface area contributed by atoms with Crippen LogP contribution in [0.2, 0.25) is 0 Å². The highest BCUT2D eigenvalue weighted by Gasteiger charge is 2.20. The van der Waals surface area contributed by atoms with Crippen LogP contribution in [0.3, 0.4) is 0 Å². The van der Waals surface area contributed by atoms with Gasteiger partial charge in [-0.1, -0.05) is 76.2 Å². The van der Waals surface area contributed by atoms with Gasteiger partial charge in [0, 0.05) is 0 Å². The molecular formula is C18H24O. The van der Waals surface area contributed by atoms with Gasteiger partial charge in [0.1, 0.15) is 5.75 Å². The summed E-state index contributed by atoms with van der Waals surface area (Å²) in [5.41, 5.74) is 1.80. The Kier molecular flexibility index (Phi) is 5.62. The first-order valence-corrected chi connectivity index (χ1v) is 6.70. The van der Waals surface area contributed by atoms with Gasteiger partial charge in [0.2, 0.25) is 0 Å². The number of phenolic OH excluding ortho intramolecular Hbond substituents is 1. The van der Waals surface area contributed by atoms with E-state index in [9.17, 15) is 0 Å². The second-order valence-electron chi connectivity index (χ2n) is 5.83. The number of phenols is 1. The summed E-state index contributed by atoms with van der Waals surface area (Å²) in [6, 6.07) is 19.4. The largest absolute Gasteiger partial charge is 0.508 e. The number of rotatable bonds is 1. The van der Waals surface area contributed by atoms with E-state index in [4.69, 9.17) is 5.11 Å². The fourth-order valence-electron chi connectivity index (χ4n) is 1.67. The van der Waals surface area contributed by atoms with E-state index in [0.29, 0.717) is 17.1 Å². The third kappa shape index (κ3) is 5.60. The van der Waals surface area contributed by atoms with Gasteiger partial charge in [0.15, 0.2) is 0 Å². The minimum atomic E-state index is 0.322. The zero-order chi connectivity index (χ0) is 14.3. The fraction of sp³-hybridized carbons (Fsp3) is 0.333. The van der Waals surface area contributed by atoms with Crippen LogP contribution >= 0.6 is 0 Å². The third-order valence-electron chi connectivity index (χ3n) is 3.35. The maximum Gasteiger partial charge on any atom is 0.115 e. The average Bonchev–Trinajstić information content (AvgIpc) is 2.39. The van der Waals surface area contributed by atoms with Crippen LogP contribution in [0.1, 0.15) is 39.2 Å². The molecule has 2 aromatic carbocycles. The van der Waals surface area contributed by atoms with E-state index >= 15 is 0 Å². The Morgan fingerprint density at radius 3 is 1.53 bits per heavy atom. The summed E-state index contributed by atoms with van der Waals surface area (Å²) in [4.78, 5) is 0. The summed E-state index contributed by atoms with van der Waals surface area (Å²) in [7, 11) is 0. The molecule has 1 atom stereocenters. The normalized spacial score (nSPS) is 12.2. The van der Waals surface area contributed by atoms with Crippen molar-refractivity contribution in [3.05, 3.63) is 66.2 Å². The standard InChI is InChI=1S/C12H18.C6H6O/c1-10(12(2,3)4)11-8-6-5-7-9-11;7-6-4-2-1-3-5-6/h5-10H,1-4H3;1-5,7H. The predicted octanol–water partition coefficient (Wildman–Crippen LogP) is 5.23. The van der Waals surface area contributed by atoms with E-state index in [-0.39, 0.29) is 0 Å². The summed E-state index contributed by atoms with van der Waals surface area (Å²) < 4.78 is 0. The molecule has 1 nitrogen and oxygen atoms in total. The molecule has 1 unspecified atom stereocenters. The molecule has 0 aliphatic rings. The molecule has 0 aliphatic carbocycles. The highest BCUT2D eigenvalue weighted by molar-refractivity contribution is 5.20. The lowest BCUT2D eigenvalue weighted by atomic mass is 9.78. The van der Waals surface area contributed by atoms with Gasteiger partial charge in [-0.05, 0) is 29.0 Å². The van der Waals surface area contributed by atoms with E-state index in [1.165, 1.54) is 5.56 Å². The number of hydrogen-bond donors (Lipinski definition) is 1. The molecular weight excluding hydrogens is 232 g/mol. The molecule has 0 bridgehead atoms. The van der Waals surface area contributed by atoms with Crippen molar-refractivity contribution < 1.29 is 5.11 Å². The fourth-order valence-corrected chi connectivity index (χ4v) is 1.67. The average molecular weight is 256 g/mol. The van der Waals surface area contributed by atoms with Crippen molar-refractivity contribution in [1.29, 1.82) is 0 Å². The molecule has 0 aromatic heterocycles. The van der Waals surface area contributed by atoms with E-state index in [1.54, 1.807) is 24.3 Å². The minimum Gasteiger partial charge on any atom is -0.508 e. The van der Waals surface area contributed by atoms with E-state index in [0.717, 1.165) is 0 Å². The first-order valence-electron chi connectivity index (χ1n) is 6.70. The Balaban J connectivity index is 0.000000218. The molecule has 2 aromatic rings. The van der Waals surface area contributed by atoms with Gasteiger partial charge in [0.25, 0.3) is 0 Å². The van der Waals surface area contributed by atoms with Crippen molar-refractivity contribution >= 4 is 0 Å². The van der Waals surface area contributed by atoms with Gasteiger partial charge in [-0.25, -0.2) is 0 Å². The van der Waals surface area contributed by atoms with Gasteiger partial charge >= 0.3 is 0 Å². The van der Waals surface area contributed by atoms with Gasteiger partial charge in [0.05, 0.1) is 0 Å². The first-order chi connectivity index (χ1) is 8.91. The third-order valence-corrected chi connectivity index (χ3v) is 3.35. The Hall–Kier alpha value is -1.76. The second-order valence-corrected chi connectivity index (χ2v) is 5.83. The number of hydrogen-bond acceptors (Lipinski definition) is 1. The van der Waals surface area contributed by atoms with Crippen LogP contribution in [0.4, 0.5) is 0 Å². The molecule has 19 heavy (non-hydrogen) atoms. The monoisotopic (exact) mass is 256 g/mol. The molecule has 1 heteroatoms. The molecule has 0 heterocycles. The topological polar surface area (TPSA) is 20.2 Å². The van der Waals surface area contributed by atoms with Crippen molar-refractivity contribution in [3.63, 3.8) is 0 Å². The van der Waals surface area contributed by atoms with E-state index in [2.05, 4.69) is 58.0 Å². The van der Waals surface area contributed by atoms with Crippen LogP contribution < -0.4 is 0 Å². The Labute approximate surface area is 116 Å². The molecule has 102 valence electrons. The van der Waals surface area contributed by atoms with Crippen molar-refractivity contribution in [3.8, 4) is 5.75 Å². The summed E-state index contributed by atoms with van der Waals surface area (Å²) in [6.07, 6.45) is 0. The summed E-state index contributed by atoms with van der Waals surface area (Å²) >= 11 is 0. The molecule has 0 saturated heterocycles. The SMILES string of the molecule is CC(c1ccccc1)C(C)(C)C.Oc1ccccc1. The number of benzene rings is 2. The molecule has 0 radical (unpaired) electrons. The van der Waals surface area contributed by atoms with E-state index < -0.39 is 0 Å². The lowest BCUT2D eigenvalue weighted by Crippen LogP contribution is -2.14. The lowest BCUT2D eigenvalue weighted by Gasteiger charge is -2.27. The zero-order valence-corrected chi connectivity index (χ0v) is 12.3. The molecule has 0 saturated carbocycles. The maximum absolute atomic E-state index is 8.63. The Morgan fingerprint density at radius 1 is 0.789 bits per heavy atom. The zero-order valence-electron chi connectivity index (χ0n) is 12.3. The lowest BCUT2D eigenvalue weighted by molar-refractivity contribution is 0.339. The van der Waals surface area contributed by atoms with Crippen LogP contribution in [0.15, 0.2) is 60.7 Å². The van der Waals surface area contributed by atoms with E-state index in [1.807, 2.05) is 6.07 Å². The number of aromatic hydroxyl groups is 1. The van der Waals surface area contributed by atoms with Gasteiger partial charge in [-0.2, -0.15) is 0 Å². The maximum atomic E-state index is 8.63. The van der Waals surface area contributed by atoms with Gasteiger partial charge < -0.3 is 5.11 Å². The van der Waals surface area contributed by atoms with Crippen LogP contribution in [-0.2, 0) is 0 Å². The van der Waals surface area contributed by atoms with Gasteiger partial charge in [-0.3, -0.25) is 0 Å². The van der Waals surface area contributed by atoms with Crippen molar-refractivity contribution in [2.45, 2.75) is 33.6 Å². The molecule has 0 fully saturated rings. The van der Waals surface area contributed by atoms with Gasteiger partial charge in [-0.15, -0.1) is 0 Å². The Bertz CT molecular complexity index is 454. The molecule has 0 spiro atoms. The van der Waals surface area contributed by atoms with Crippen molar-refractivity contribution in [2.24, 2.45) is 5.41 Å². The Morgan fingerprint density at radius 2 is 1.21 bits per heavy atom. The summed E-state index contributed by atoms with van der Waals surface area (Å²) in [6.45, 7) is 9.13. The van der Waals surface area contributed by atoms with Crippen LogP contribution in [0.5, 0.6) is 5.75 Å². The van der Waals surface area contributed by atoms with Crippen LogP contribution in [-0.4, -0.2) is 5.11 Å². The molecule has 2 rings (SSSR count). The van der Waals surface area contributed by atoms with Crippen molar-refractivity contribution in [2.75, 3.05) is 0 Å². The summed E-state index contributed by atoms with van der Waals surface area (Å²) in [5, 5.41) is 8.63. The molecule has 0 aliphatic heterocycles. The van der Waals surface area contributed by atoms with Crippen LogP contribution in [0.25, 0.3) is 0 Å². The highest BCUT2D eigenvalue weighted by Crippen LogP contribution is 2.33. The second kappa shape index (κ2) is 6.98. The smallest absolute Gasteiger partial charge is 0.115 e. The summed E-state index contributed by atoms with van der Waals surface area (Å²) in [5.74, 6) is 0.946. The van der Waals surface area contributed by atoms with Crippen LogP contribution in [0, 0.1) is 5.41 Å². The van der Waals surface area contributed by atoms with Crippen molar-refractivity contribution in [1.82, 2.24) is 0 Å².